The second-order valence-electron chi connectivity index (χ2n) is 4.98. The lowest BCUT2D eigenvalue weighted by molar-refractivity contribution is 0.626. The van der Waals surface area contributed by atoms with E-state index in [1.54, 1.807) is 11.8 Å². The third-order valence-corrected chi connectivity index (χ3v) is 4.33. The van der Waals surface area contributed by atoms with Crippen molar-refractivity contribution in [2.24, 2.45) is 5.73 Å². The van der Waals surface area contributed by atoms with E-state index < -0.39 is 0 Å². The molecular weight excluding hydrogens is 256 g/mol. The smallest absolute Gasteiger partial charge is 0.191 e. The Morgan fingerprint density at radius 2 is 2.00 bits per heavy atom. The Bertz CT molecular complexity index is 557. The molecule has 1 aliphatic rings. The molecule has 0 bridgehead atoms. The normalized spacial score (nSPS) is 14.8. The summed E-state index contributed by atoms with van der Waals surface area (Å²) in [4.78, 5) is 0. The van der Waals surface area contributed by atoms with Crippen LogP contribution >= 0.6 is 11.8 Å². The fourth-order valence-corrected chi connectivity index (χ4v) is 3.06. The average molecular weight is 274 g/mol. The second kappa shape index (κ2) is 5.35. The maximum atomic E-state index is 5.72. The van der Waals surface area contributed by atoms with Gasteiger partial charge in [0.1, 0.15) is 5.82 Å². The van der Waals surface area contributed by atoms with E-state index in [1.165, 1.54) is 24.0 Å². The SMILES string of the molecule is Cc1ccc(CSc2nnc(CN)n2C2CC2)cc1. The molecule has 2 aromatic rings. The number of nitrogens with zero attached hydrogens (tertiary/aromatic N) is 3. The summed E-state index contributed by atoms with van der Waals surface area (Å²) in [6, 6.07) is 9.21. The number of benzene rings is 1. The molecule has 0 aliphatic heterocycles. The lowest BCUT2D eigenvalue weighted by Gasteiger charge is -2.07. The fraction of sp³-hybridized carbons (Fsp3) is 0.429. The van der Waals surface area contributed by atoms with E-state index >= 15 is 0 Å². The largest absolute Gasteiger partial charge is 0.324 e. The summed E-state index contributed by atoms with van der Waals surface area (Å²) in [7, 11) is 0. The average Bonchev–Trinajstić information content (AvgIpc) is 3.18. The topological polar surface area (TPSA) is 56.7 Å². The lowest BCUT2D eigenvalue weighted by atomic mass is 10.2. The number of thioether (sulfide) groups is 1. The first-order valence-electron chi connectivity index (χ1n) is 6.60. The van der Waals surface area contributed by atoms with Crippen LogP contribution in [0.25, 0.3) is 0 Å². The quantitative estimate of drug-likeness (QED) is 0.852. The van der Waals surface area contributed by atoms with Crippen LogP contribution in [0.15, 0.2) is 29.4 Å². The zero-order chi connectivity index (χ0) is 13.2. The predicted molar refractivity (Wildman–Crippen MR) is 76.9 cm³/mol. The summed E-state index contributed by atoms with van der Waals surface area (Å²) in [6.07, 6.45) is 2.45. The van der Waals surface area contributed by atoms with Crippen LogP contribution in [0.2, 0.25) is 0 Å². The third-order valence-electron chi connectivity index (χ3n) is 3.32. The molecule has 4 nitrogen and oxygen atoms in total. The summed E-state index contributed by atoms with van der Waals surface area (Å²) >= 11 is 1.74. The summed E-state index contributed by atoms with van der Waals surface area (Å²) in [5, 5.41) is 9.47. The molecule has 0 atom stereocenters. The summed E-state index contributed by atoms with van der Waals surface area (Å²) in [5.41, 5.74) is 8.33. The predicted octanol–water partition coefficient (Wildman–Crippen LogP) is 2.67. The molecule has 0 saturated heterocycles. The number of hydrogen-bond donors (Lipinski definition) is 1. The van der Waals surface area contributed by atoms with E-state index in [-0.39, 0.29) is 0 Å². The van der Waals surface area contributed by atoms with Gasteiger partial charge in [0.15, 0.2) is 5.16 Å². The highest BCUT2D eigenvalue weighted by Gasteiger charge is 2.29. The van der Waals surface area contributed by atoms with Crippen LogP contribution < -0.4 is 5.73 Å². The highest BCUT2D eigenvalue weighted by atomic mass is 32.2. The van der Waals surface area contributed by atoms with Gasteiger partial charge in [0.05, 0.1) is 6.54 Å². The molecule has 1 fully saturated rings. The maximum Gasteiger partial charge on any atom is 0.191 e. The van der Waals surface area contributed by atoms with Crippen LogP contribution in [0.5, 0.6) is 0 Å². The van der Waals surface area contributed by atoms with Crippen molar-refractivity contribution >= 4 is 11.8 Å². The van der Waals surface area contributed by atoms with Gasteiger partial charge in [-0.25, -0.2) is 0 Å². The standard InChI is InChI=1S/C14H18N4S/c1-10-2-4-11(5-3-10)9-19-14-17-16-13(8-15)18(14)12-6-7-12/h2-5,12H,6-9,15H2,1H3. The molecule has 0 spiro atoms. The molecule has 0 amide bonds. The van der Waals surface area contributed by atoms with Crippen LogP contribution in [0.1, 0.15) is 35.8 Å². The molecule has 1 aromatic carbocycles. The molecule has 1 aromatic heterocycles. The first-order chi connectivity index (χ1) is 9.28. The minimum atomic E-state index is 0.467. The molecule has 100 valence electrons. The van der Waals surface area contributed by atoms with E-state index in [4.69, 9.17) is 5.73 Å². The van der Waals surface area contributed by atoms with Crippen molar-refractivity contribution in [2.75, 3.05) is 0 Å². The Morgan fingerprint density at radius 3 is 2.63 bits per heavy atom. The van der Waals surface area contributed by atoms with E-state index in [2.05, 4.69) is 46.0 Å². The van der Waals surface area contributed by atoms with Gasteiger partial charge in [0, 0.05) is 11.8 Å². The first-order valence-corrected chi connectivity index (χ1v) is 7.58. The lowest BCUT2D eigenvalue weighted by Crippen LogP contribution is -2.08. The number of hydrogen-bond acceptors (Lipinski definition) is 4. The molecule has 0 unspecified atom stereocenters. The van der Waals surface area contributed by atoms with Crippen molar-refractivity contribution in [1.82, 2.24) is 14.8 Å². The minimum Gasteiger partial charge on any atom is -0.324 e. The van der Waals surface area contributed by atoms with Gasteiger partial charge in [-0.1, -0.05) is 41.6 Å². The van der Waals surface area contributed by atoms with Gasteiger partial charge in [-0.15, -0.1) is 10.2 Å². The van der Waals surface area contributed by atoms with Gasteiger partial charge >= 0.3 is 0 Å². The van der Waals surface area contributed by atoms with Gasteiger partial charge < -0.3 is 10.3 Å². The van der Waals surface area contributed by atoms with Gasteiger partial charge in [-0.05, 0) is 25.3 Å². The van der Waals surface area contributed by atoms with E-state index in [0.717, 1.165) is 16.7 Å². The maximum absolute atomic E-state index is 5.72. The summed E-state index contributed by atoms with van der Waals surface area (Å²) in [6.45, 7) is 2.57. The van der Waals surface area contributed by atoms with E-state index in [1.807, 2.05) is 0 Å². The van der Waals surface area contributed by atoms with Crippen LogP contribution in [0, 0.1) is 6.92 Å². The van der Waals surface area contributed by atoms with Crippen molar-refractivity contribution in [3.05, 3.63) is 41.2 Å². The van der Waals surface area contributed by atoms with Gasteiger partial charge in [-0.3, -0.25) is 0 Å². The summed E-state index contributed by atoms with van der Waals surface area (Å²) < 4.78 is 2.22. The van der Waals surface area contributed by atoms with Crippen molar-refractivity contribution in [1.29, 1.82) is 0 Å². The van der Waals surface area contributed by atoms with Gasteiger partial charge in [0.2, 0.25) is 0 Å². The van der Waals surface area contributed by atoms with E-state index in [0.29, 0.717) is 12.6 Å². The number of aromatic nitrogens is 3. The highest BCUT2D eigenvalue weighted by molar-refractivity contribution is 7.98. The Balaban J connectivity index is 1.73. The second-order valence-corrected chi connectivity index (χ2v) is 5.92. The molecule has 1 heterocycles. The highest BCUT2D eigenvalue weighted by Crippen LogP contribution is 2.39. The number of rotatable bonds is 5. The minimum absolute atomic E-state index is 0.467. The Hall–Kier alpha value is -1.33. The molecule has 0 radical (unpaired) electrons. The van der Waals surface area contributed by atoms with E-state index in [9.17, 15) is 0 Å². The van der Waals surface area contributed by atoms with Crippen molar-refractivity contribution < 1.29 is 0 Å². The van der Waals surface area contributed by atoms with Gasteiger partial charge in [-0.2, -0.15) is 0 Å². The fourth-order valence-electron chi connectivity index (χ4n) is 2.08. The molecule has 19 heavy (non-hydrogen) atoms. The zero-order valence-electron chi connectivity index (χ0n) is 11.0. The Labute approximate surface area is 117 Å². The van der Waals surface area contributed by atoms with Crippen LogP contribution in [0.4, 0.5) is 0 Å². The molecule has 3 rings (SSSR count). The van der Waals surface area contributed by atoms with Crippen LogP contribution in [-0.4, -0.2) is 14.8 Å². The number of aryl methyl sites for hydroxylation is 1. The first kappa shape index (κ1) is 12.7. The molecule has 2 N–H and O–H groups in total. The molecule has 1 aliphatic carbocycles. The third kappa shape index (κ3) is 2.82. The van der Waals surface area contributed by atoms with Crippen molar-refractivity contribution in [3.63, 3.8) is 0 Å². The van der Waals surface area contributed by atoms with Gasteiger partial charge in [0.25, 0.3) is 0 Å². The monoisotopic (exact) mass is 274 g/mol. The Morgan fingerprint density at radius 1 is 1.26 bits per heavy atom. The van der Waals surface area contributed by atoms with Crippen molar-refractivity contribution in [3.8, 4) is 0 Å². The molecule has 5 heteroatoms. The summed E-state index contributed by atoms with van der Waals surface area (Å²) in [5.74, 6) is 1.84. The Kier molecular flexibility index (Phi) is 3.57. The number of nitrogens with two attached hydrogens (primary N) is 1. The van der Waals surface area contributed by atoms with Crippen molar-refractivity contribution in [2.45, 2.75) is 43.3 Å². The van der Waals surface area contributed by atoms with Crippen LogP contribution in [0.3, 0.4) is 0 Å². The zero-order valence-corrected chi connectivity index (χ0v) is 11.9. The molecular formula is C14H18N4S. The molecule has 1 saturated carbocycles. The van der Waals surface area contributed by atoms with Crippen LogP contribution in [-0.2, 0) is 12.3 Å².